The van der Waals surface area contributed by atoms with Crippen LogP contribution in [-0.2, 0) is 32.4 Å². The zero-order valence-electron chi connectivity index (χ0n) is 20.6. The zero-order chi connectivity index (χ0) is 29.6. The number of amides is 1. The number of alkyl halides is 6. The van der Waals surface area contributed by atoms with Crippen molar-refractivity contribution in [2.75, 3.05) is 18.2 Å². The molecule has 39 heavy (non-hydrogen) atoms. The van der Waals surface area contributed by atoms with Gasteiger partial charge in [-0.3, -0.25) is 4.79 Å². The molecule has 1 amide bonds. The monoisotopic (exact) mass is 595 g/mol. The van der Waals surface area contributed by atoms with E-state index in [0.717, 1.165) is 38.2 Å². The maximum absolute atomic E-state index is 13.5. The second-order valence-corrected chi connectivity index (χ2v) is 11.2. The molecule has 0 aliphatic heterocycles. The molecule has 7 nitrogen and oxygen atoms in total. The molecule has 0 aliphatic carbocycles. The van der Waals surface area contributed by atoms with Crippen molar-refractivity contribution < 1.29 is 44.3 Å². The minimum atomic E-state index is -5.12. The molecule has 15 heteroatoms. The molecule has 0 spiro atoms. The summed E-state index contributed by atoms with van der Waals surface area (Å²) in [5.41, 5.74) is -5.92. The molecule has 1 heterocycles. The van der Waals surface area contributed by atoms with Crippen LogP contribution in [0.3, 0.4) is 0 Å². The Morgan fingerprint density at radius 3 is 1.95 bits per heavy atom. The summed E-state index contributed by atoms with van der Waals surface area (Å²) in [6, 6.07) is 6.89. The van der Waals surface area contributed by atoms with E-state index in [4.69, 9.17) is 16.3 Å². The number of carbonyl (C=O) groups excluding carboxylic acids is 1. The molecular formula is C24H20ClF6N3O4S. The number of halogens is 7. The van der Waals surface area contributed by atoms with Gasteiger partial charge in [0.25, 0.3) is 0 Å². The summed E-state index contributed by atoms with van der Waals surface area (Å²) in [6.07, 6.45) is -8.49. The highest BCUT2D eigenvalue weighted by Crippen LogP contribution is 2.41. The van der Waals surface area contributed by atoms with Gasteiger partial charge in [0.2, 0.25) is 26.8 Å². The molecule has 0 bridgehead atoms. The van der Waals surface area contributed by atoms with Crippen LogP contribution < -0.4 is 9.64 Å². The summed E-state index contributed by atoms with van der Waals surface area (Å²) in [5, 5.41) is -0.568. The summed E-state index contributed by atoms with van der Waals surface area (Å²) in [6.45, 7) is 2.28. The number of likely N-dealkylation sites (N-methyl/N-ethyl adjacent to an activating group) is 1. The van der Waals surface area contributed by atoms with Gasteiger partial charge < -0.3 is 9.64 Å². The highest BCUT2D eigenvalue weighted by atomic mass is 35.5. The van der Waals surface area contributed by atoms with Gasteiger partial charge in [-0.1, -0.05) is 23.7 Å². The third-order valence-electron chi connectivity index (χ3n) is 5.60. The van der Waals surface area contributed by atoms with Crippen LogP contribution in [0.1, 0.15) is 30.5 Å². The number of ether oxygens (including phenoxy) is 1. The predicted molar refractivity (Wildman–Crippen MR) is 130 cm³/mol. The predicted octanol–water partition coefficient (Wildman–Crippen LogP) is 6.30. The van der Waals surface area contributed by atoms with Crippen LogP contribution in [0.25, 0.3) is 0 Å². The lowest BCUT2D eigenvalue weighted by molar-refractivity contribution is -0.143. The summed E-state index contributed by atoms with van der Waals surface area (Å²) >= 11 is 6.10. The van der Waals surface area contributed by atoms with Gasteiger partial charge in [0.15, 0.2) is 0 Å². The van der Waals surface area contributed by atoms with E-state index in [1.165, 1.54) is 12.1 Å². The Kier molecular flexibility index (Phi) is 7.96. The summed E-state index contributed by atoms with van der Waals surface area (Å²) in [7, 11) is -2.80. The number of sulfone groups is 1. The summed E-state index contributed by atoms with van der Waals surface area (Å²) < 4.78 is 110. The lowest BCUT2D eigenvalue weighted by Gasteiger charge is -2.31. The van der Waals surface area contributed by atoms with E-state index >= 15 is 0 Å². The van der Waals surface area contributed by atoms with Gasteiger partial charge in [0, 0.05) is 13.3 Å². The molecule has 0 saturated heterocycles. The molecule has 0 saturated carbocycles. The smallest absolute Gasteiger partial charge is 0.416 e. The molecule has 210 valence electrons. The van der Waals surface area contributed by atoms with Crippen molar-refractivity contribution in [1.82, 2.24) is 9.97 Å². The number of para-hydroxylation sites is 1. The molecule has 0 N–H and O–H groups in total. The number of rotatable bonds is 6. The third kappa shape index (κ3) is 6.61. The van der Waals surface area contributed by atoms with Crippen molar-refractivity contribution >= 4 is 33.0 Å². The lowest BCUT2D eigenvalue weighted by Crippen LogP contribution is -2.42. The summed E-state index contributed by atoms with van der Waals surface area (Å²) in [4.78, 5) is 22.0. The molecule has 3 rings (SSSR count). The van der Waals surface area contributed by atoms with Crippen LogP contribution in [0.2, 0.25) is 5.02 Å². The number of anilines is 1. The fourth-order valence-corrected chi connectivity index (χ4v) is 4.10. The van der Waals surface area contributed by atoms with Crippen LogP contribution in [-0.4, -0.2) is 37.6 Å². The average Bonchev–Trinajstić information content (AvgIpc) is 2.82. The molecule has 2 aromatic carbocycles. The fraction of sp³-hybridized carbons (Fsp3) is 0.292. The maximum atomic E-state index is 13.5. The molecule has 0 atom stereocenters. The largest absolute Gasteiger partial charge is 0.435 e. The van der Waals surface area contributed by atoms with Crippen molar-refractivity contribution in [3.63, 3.8) is 0 Å². The Balaban J connectivity index is 2.14. The van der Waals surface area contributed by atoms with Crippen molar-refractivity contribution in [2.24, 2.45) is 0 Å². The molecule has 0 unspecified atom stereocenters. The van der Waals surface area contributed by atoms with Crippen LogP contribution in [0.5, 0.6) is 11.6 Å². The van der Waals surface area contributed by atoms with E-state index in [1.807, 2.05) is 0 Å². The number of carbonyl (C=O) groups is 1. The normalized spacial score (nSPS) is 12.8. The number of benzene rings is 2. The van der Waals surface area contributed by atoms with E-state index in [1.54, 1.807) is 12.1 Å². The first-order chi connectivity index (χ1) is 17.7. The highest BCUT2D eigenvalue weighted by molar-refractivity contribution is 7.90. The summed E-state index contributed by atoms with van der Waals surface area (Å²) in [5.74, 6) is -1.41. The number of nitrogens with zero attached hydrogens (tertiary/aromatic N) is 3. The number of hydrogen-bond donors (Lipinski definition) is 0. The van der Waals surface area contributed by atoms with E-state index in [2.05, 4.69) is 9.97 Å². The number of hydrogen-bond acceptors (Lipinski definition) is 6. The zero-order valence-corrected chi connectivity index (χ0v) is 22.2. The van der Waals surface area contributed by atoms with Gasteiger partial charge in [-0.2, -0.15) is 31.3 Å². The van der Waals surface area contributed by atoms with Gasteiger partial charge in [0.1, 0.15) is 11.4 Å². The SMILES string of the molecule is CN(C(=O)C(C)(C)c1cc(C(F)(F)F)cc(C(F)(F)F)c1)c1cnc(S(C)(=O)=O)nc1Oc1ccccc1Cl. The minimum Gasteiger partial charge on any atom is -0.435 e. The third-order valence-corrected chi connectivity index (χ3v) is 6.77. The Bertz CT molecular complexity index is 1490. The average molecular weight is 596 g/mol. The van der Waals surface area contributed by atoms with Crippen molar-refractivity contribution in [2.45, 2.75) is 36.8 Å². The second-order valence-electron chi connectivity index (χ2n) is 8.93. The Morgan fingerprint density at radius 2 is 1.46 bits per heavy atom. The first kappa shape index (κ1) is 30.2. The van der Waals surface area contributed by atoms with Crippen LogP contribution in [0.4, 0.5) is 32.0 Å². The first-order valence-electron chi connectivity index (χ1n) is 10.8. The fourth-order valence-electron chi connectivity index (χ4n) is 3.43. The van der Waals surface area contributed by atoms with Gasteiger partial charge in [0.05, 0.1) is 27.8 Å². The van der Waals surface area contributed by atoms with Crippen molar-refractivity contribution in [3.05, 3.63) is 70.4 Å². The highest BCUT2D eigenvalue weighted by Gasteiger charge is 2.41. The Hall–Kier alpha value is -3.39. The van der Waals surface area contributed by atoms with Crippen molar-refractivity contribution in [3.8, 4) is 11.6 Å². The van der Waals surface area contributed by atoms with E-state index in [9.17, 15) is 39.6 Å². The number of aromatic nitrogens is 2. The van der Waals surface area contributed by atoms with E-state index in [0.29, 0.717) is 12.1 Å². The molecule has 0 aliphatic rings. The van der Waals surface area contributed by atoms with Crippen LogP contribution in [0, 0.1) is 0 Å². The van der Waals surface area contributed by atoms with Gasteiger partial charge in [-0.25, -0.2) is 13.4 Å². The molecule has 3 aromatic rings. The van der Waals surface area contributed by atoms with Crippen LogP contribution in [0.15, 0.2) is 53.8 Å². The standard InChI is InChI=1S/C24H20ClF6N3O4S/c1-22(2,13-9-14(23(26,27)28)11-15(10-13)24(29,30)31)20(35)34(3)17-12-32-21(39(4,36)37)33-19(17)38-18-8-6-5-7-16(18)25/h5-12H,1-4H3. The van der Waals surface area contributed by atoms with Gasteiger partial charge in [-0.05, 0) is 49.7 Å². The van der Waals surface area contributed by atoms with Crippen LogP contribution >= 0.6 is 11.6 Å². The quantitative estimate of drug-likeness (QED) is 0.245. The lowest BCUT2D eigenvalue weighted by atomic mass is 9.81. The maximum Gasteiger partial charge on any atom is 0.416 e. The van der Waals surface area contributed by atoms with Crippen molar-refractivity contribution in [1.29, 1.82) is 0 Å². The topological polar surface area (TPSA) is 89.5 Å². The molecule has 1 aromatic heterocycles. The molecule has 0 fully saturated rings. The Morgan fingerprint density at radius 1 is 0.949 bits per heavy atom. The van der Waals surface area contributed by atoms with E-state index < -0.39 is 61.2 Å². The first-order valence-corrected chi connectivity index (χ1v) is 13.1. The molecule has 0 radical (unpaired) electrons. The van der Waals surface area contributed by atoms with Gasteiger partial charge in [-0.15, -0.1) is 0 Å². The second kappa shape index (κ2) is 10.3. The van der Waals surface area contributed by atoms with Gasteiger partial charge >= 0.3 is 12.4 Å². The molecular weight excluding hydrogens is 576 g/mol. The van der Waals surface area contributed by atoms with E-state index in [-0.39, 0.29) is 22.5 Å². The Labute approximate surface area is 224 Å². The minimum absolute atomic E-state index is 0.0198.